The molecule has 2 heterocycles. The molecule has 0 spiro atoms. The Bertz CT molecular complexity index is 410. The van der Waals surface area contributed by atoms with Crippen LogP contribution in [-0.2, 0) is 0 Å². The van der Waals surface area contributed by atoms with E-state index in [1.54, 1.807) is 5.56 Å². The molecule has 2 aliphatic heterocycles. The van der Waals surface area contributed by atoms with Crippen LogP contribution >= 0.6 is 0 Å². The zero-order valence-corrected chi connectivity index (χ0v) is 9.82. The third kappa shape index (κ3) is 1.35. The highest BCUT2D eigenvalue weighted by molar-refractivity contribution is 5.40. The van der Waals surface area contributed by atoms with Gasteiger partial charge in [0.15, 0.2) is 0 Å². The maximum atomic E-state index is 3.88. The van der Waals surface area contributed by atoms with Gasteiger partial charge in [-0.25, -0.2) is 0 Å². The van der Waals surface area contributed by atoms with Crippen LogP contribution in [0.5, 0.6) is 0 Å². The largest absolute Gasteiger partial charge is 0.306 e. The van der Waals surface area contributed by atoms with Crippen molar-refractivity contribution in [3.05, 3.63) is 48.0 Å². The molecule has 1 nitrogen and oxygen atoms in total. The zero-order chi connectivity index (χ0) is 11.1. The molecule has 84 valence electrons. The smallest absolute Gasteiger partial charge is 0.0328 e. The lowest BCUT2D eigenvalue weighted by Crippen LogP contribution is -2.50. The summed E-state index contributed by atoms with van der Waals surface area (Å²) in [5.41, 5.74) is 3.11. The Morgan fingerprint density at radius 2 is 2.12 bits per heavy atom. The summed E-state index contributed by atoms with van der Waals surface area (Å²) in [6, 6.07) is 10.1. The van der Waals surface area contributed by atoms with Crippen LogP contribution < -0.4 is 5.32 Å². The molecule has 16 heavy (non-hydrogen) atoms. The molecule has 0 radical (unpaired) electrons. The number of hydrogen-bond donors (Lipinski definition) is 1. The van der Waals surface area contributed by atoms with Crippen molar-refractivity contribution in [1.82, 2.24) is 5.32 Å². The molecule has 0 unspecified atom stereocenters. The normalized spacial score (nSPS) is 35.8. The van der Waals surface area contributed by atoms with E-state index in [-0.39, 0.29) is 0 Å². The monoisotopic (exact) mass is 213 g/mol. The van der Waals surface area contributed by atoms with E-state index in [2.05, 4.69) is 43.1 Å². The highest BCUT2D eigenvalue weighted by Crippen LogP contribution is 2.48. The van der Waals surface area contributed by atoms with Crippen molar-refractivity contribution in [3.63, 3.8) is 0 Å². The van der Waals surface area contributed by atoms with E-state index < -0.39 is 0 Å². The Hall–Kier alpha value is -1.08. The van der Waals surface area contributed by atoms with Crippen LogP contribution in [0.4, 0.5) is 0 Å². The number of benzene rings is 1. The van der Waals surface area contributed by atoms with Gasteiger partial charge in [0.2, 0.25) is 0 Å². The summed E-state index contributed by atoms with van der Waals surface area (Å²) in [5, 5.41) is 3.77. The maximum Gasteiger partial charge on any atom is 0.0328 e. The first-order valence-corrected chi connectivity index (χ1v) is 6.27. The first-order valence-electron chi connectivity index (χ1n) is 6.27. The van der Waals surface area contributed by atoms with Gasteiger partial charge in [-0.15, -0.1) is 6.58 Å². The molecule has 0 aromatic heterocycles. The maximum absolute atomic E-state index is 3.88. The molecule has 1 N–H and O–H groups in total. The van der Waals surface area contributed by atoms with Crippen LogP contribution in [0.1, 0.15) is 42.9 Å². The Balaban J connectivity index is 2.05. The van der Waals surface area contributed by atoms with Gasteiger partial charge in [-0.1, -0.05) is 37.3 Å². The van der Waals surface area contributed by atoms with Crippen molar-refractivity contribution >= 4 is 0 Å². The van der Waals surface area contributed by atoms with Crippen molar-refractivity contribution in [2.24, 2.45) is 5.92 Å². The summed E-state index contributed by atoms with van der Waals surface area (Å²) in [6.45, 7) is 6.27. The molecule has 4 rings (SSSR count). The molecule has 1 fully saturated rings. The van der Waals surface area contributed by atoms with Crippen LogP contribution in [0.2, 0.25) is 0 Å². The summed E-state index contributed by atoms with van der Waals surface area (Å²) >= 11 is 0. The van der Waals surface area contributed by atoms with E-state index in [0.717, 1.165) is 12.3 Å². The molecule has 2 bridgehead atoms. The quantitative estimate of drug-likeness (QED) is 0.742. The lowest BCUT2D eigenvalue weighted by molar-refractivity contribution is 0.191. The summed E-state index contributed by atoms with van der Waals surface area (Å²) in [6.07, 6.45) is 4.42. The third-order valence-corrected chi connectivity index (χ3v) is 4.22. The van der Waals surface area contributed by atoms with E-state index >= 15 is 0 Å². The van der Waals surface area contributed by atoms with Crippen LogP contribution in [0, 0.1) is 5.92 Å². The van der Waals surface area contributed by atoms with Crippen LogP contribution in [0.25, 0.3) is 0 Å². The minimum absolute atomic E-state index is 0.571. The van der Waals surface area contributed by atoms with Gasteiger partial charge >= 0.3 is 0 Å². The second-order valence-electron chi connectivity index (χ2n) is 5.22. The van der Waals surface area contributed by atoms with Crippen LogP contribution in [0.3, 0.4) is 0 Å². The number of fused-ring (bicyclic) bond motifs is 2. The molecule has 1 heteroatoms. The van der Waals surface area contributed by atoms with Gasteiger partial charge in [0.05, 0.1) is 0 Å². The summed E-state index contributed by atoms with van der Waals surface area (Å²) in [4.78, 5) is 0. The van der Waals surface area contributed by atoms with Gasteiger partial charge in [0, 0.05) is 18.0 Å². The molecule has 1 aromatic carbocycles. The highest BCUT2D eigenvalue weighted by Gasteiger charge is 2.42. The van der Waals surface area contributed by atoms with Gasteiger partial charge in [0.1, 0.15) is 0 Å². The fraction of sp³-hybridized carbons (Fsp3) is 0.467. The SMILES string of the molecule is C=CC[C@H]1N[C@H]2C[C@H](C)[C@H]1c1ccccc12. The third-order valence-electron chi connectivity index (χ3n) is 4.22. The van der Waals surface area contributed by atoms with E-state index in [0.29, 0.717) is 18.0 Å². The van der Waals surface area contributed by atoms with E-state index in [1.165, 1.54) is 12.0 Å². The lowest BCUT2D eigenvalue weighted by atomic mass is 9.66. The van der Waals surface area contributed by atoms with Crippen molar-refractivity contribution in [2.45, 2.75) is 37.8 Å². The first kappa shape index (κ1) is 10.1. The highest BCUT2D eigenvalue weighted by atomic mass is 15.0. The Kier molecular flexibility index (Phi) is 2.36. The molecule has 1 aromatic rings. The Morgan fingerprint density at radius 1 is 1.38 bits per heavy atom. The standard InChI is InChI=1S/C15H19N/c1-3-6-13-15-10(2)9-14(16-13)11-7-4-5-8-12(11)15/h3-5,7-8,10,13-16H,1,6,9H2,2H3/t10-,13+,14-,15-/m0/s1. The predicted molar refractivity (Wildman–Crippen MR) is 67.4 cm³/mol. The van der Waals surface area contributed by atoms with E-state index in [1.807, 2.05) is 6.08 Å². The van der Waals surface area contributed by atoms with Crippen molar-refractivity contribution in [3.8, 4) is 0 Å². The molecular formula is C15H19N. The Labute approximate surface area is 97.6 Å². The summed E-state index contributed by atoms with van der Waals surface area (Å²) in [7, 11) is 0. The minimum Gasteiger partial charge on any atom is -0.306 e. The number of nitrogens with one attached hydrogen (secondary N) is 1. The fourth-order valence-corrected chi connectivity index (χ4v) is 3.61. The predicted octanol–water partition coefficient (Wildman–Crippen LogP) is 3.40. The molecule has 4 atom stereocenters. The second kappa shape index (κ2) is 3.74. The Morgan fingerprint density at radius 3 is 2.88 bits per heavy atom. The molecule has 0 saturated carbocycles. The average molecular weight is 213 g/mol. The van der Waals surface area contributed by atoms with Gasteiger partial charge in [-0.05, 0) is 29.9 Å². The molecule has 0 amide bonds. The minimum atomic E-state index is 0.571. The summed E-state index contributed by atoms with van der Waals surface area (Å²) < 4.78 is 0. The fourth-order valence-electron chi connectivity index (χ4n) is 3.61. The van der Waals surface area contributed by atoms with E-state index in [4.69, 9.17) is 0 Å². The number of rotatable bonds is 2. The van der Waals surface area contributed by atoms with Crippen LogP contribution in [0.15, 0.2) is 36.9 Å². The number of piperidine rings is 1. The molecule has 3 aliphatic rings. The second-order valence-corrected chi connectivity index (χ2v) is 5.22. The number of hydrogen-bond acceptors (Lipinski definition) is 1. The average Bonchev–Trinajstić information content (AvgIpc) is 2.29. The van der Waals surface area contributed by atoms with Gasteiger partial charge in [0.25, 0.3) is 0 Å². The lowest BCUT2D eigenvalue weighted by Gasteiger charge is -2.48. The zero-order valence-electron chi connectivity index (χ0n) is 9.82. The molecular weight excluding hydrogens is 194 g/mol. The topological polar surface area (TPSA) is 12.0 Å². The molecule has 1 aliphatic carbocycles. The first-order chi connectivity index (χ1) is 7.81. The van der Waals surface area contributed by atoms with Gasteiger partial charge in [-0.3, -0.25) is 0 Å². The molecule has 1 saturated heterocycles. The van der Waals surface area contributed by atoms with E-state index in [9.17, 15) is 0 Å². The van der Waals surface area contributed by atoms with Crippen LogP contribution in [-0.4, -0.2) is 6.04 Å². The van der Waals surface area contributed by atoms with Crippen molar-refractivity contribution in [1.29, 1.82) is 0 Å². The summed E-state index contributed by atoms with van der Waals surface area (Å²) in [5.74, 6) is 1.48. The van der Waals surface area contributed by atoms with Gasteiger partial charge in [-0.2, -0.15) is 0 Å². The van der Waals surface area contributed by atoms with Gasteiger partial charge < -0.3 is 5.32 Å². The van der Waals surface area contributed by atoms with Crippen molar-refractivity contribution in [2.75, 3.05) is 0 Å². The van der Waals surface area contributed by atoms with Crippen molar-refractivity contribution < 1.29 is 0 Å².